The third-order valence-corrected chi connectivity index (χ3v) is 2.46. The molecule has 0 aromatic heterocycles. The van der Waals surface area contributed by atoms with Gasteiger partial charge in [0.05, 0.1) is 0 Å². The first kappa shape index (κ1) is 13.4. The summed E-state index contributed by atoms with van der Waals surface area (Å²) in [6.07, 6.45) is 0. The van der Waals surface area contributed by atoms with Gasteiger partial charge in [0, 0.05) is 11.1 Å². The summed E-state index contributed by atoms with van der Waals surface area (Å²) in [4.78, 5) is 23.2. The Bertz CT molecular complexity index is 601. The molecule has 0 aliphatic rings. The highest BCUT2D eigenvalue weighted by molar-refractivity contribution is 5.98. The summed E-state index contributed by atoms with van der Waals surface area (Å²) in [7, 11) is 0. The average molecular weight is 270 g/mol. The van der Waals surface area contributed by atoms with Crippen LogP contribution in [0.1, 0.15) is 20.7 Å². The molecule has 0 aliphatic heterocycles. The Kier molecular flexibility index (Phi) is 3.85. The van der Waals surface area contributed by atoms with Crippen LogP contribution in [-0.4, -0.2) is 22.0 Å². The van der Waals surface area contributed by atoms with Gasteiger partial charge in [0.2, 0.25) is 0 Å². The van der Waals surface area contributed by atoms with E-state index in [2.05, 4.69) is 10.2 Å². The van der Waals surface area contributed by atoms with Gasteiger partial charge in [0.15, 0.2) is 0 Å². The third-order valence-electron chi connectivity index (χ3n) is 2.46. The molecular formula is C14H10N2O4. The van der Waals surface area contributed by atoms with Crippen LogP contribution in [0.4, 0.5) is 0 Å². The van der Waals surface area contributed by atoms with E-state index in [4.69, 9.17) is 10.2 Å². The van der Waals surface area contributed by atoms with Gasteiger partial charge in [-0.05, 0) is 48.5 Å². The summed E-state index contributed by atoms with van der Waals surface area (Å²) < 4.78 is 0. The molecule has 0 bridgehead atoms. The lowest BCUT2D eigenvalue weighted by molar-refractivity contribution is 0.0947. The van der Waals surface area contributed by atoms with Gasteiger partial charge in [0.25, 0.3) is 11.8 Å². The van der Waals surface area contributed by atoms with Crippen LogP contribution in [0.25, 0.3) is 0 Å². The summed E-state index contributed by atoms with van der Waals surface area (Å²) in [5, 5.41) is 24.8. The number of aromatic hydroxyl groups is 2. The number of azo groups is 1. The van der Waals surface area contributed by atoms with Crippen LogP contribution in [0, 0.1) is 0 Å². The van der Waals surface area contributed by atoms with E-state index < -0.39 is 11.8 Å². The number of amides is 2. The molecule has 20 heavy (non-hydrogen) atoms. The minimum Gasteiger partial charge on any atom is -0.508 e. The fourth-order valence-electron chi connectivity index (χ4n) is 1.41. The molecule has 100 valence electrons. The SMILES string of the molecule is O=C(/N=N/C(=O)c1ccc(O)cc1)c1ccc(O)cc1. The Morgan fingerprint density at radius 1 is 0.650 bits per heavy atom. The van der Waals surface area contributed by atoms with Crippen LogP contribution < -0.4 is 0 Å². The Morgan fingerprint density at radius 2 is 0.950 bits per heavy atom. The molecule has 2 aromatic rings. The molecule has 2 aromatic carbocycles. The molecule has 0 fully saturated rings. The third kappa shape index (κ3) is 3.26. The van der Waals surface area contributed by atoms with Gasteiger partial charge in [0.1, 0.15) is 11.5 Å². The number of carbonyl (C=O) groups excluding carboxylic acids is 2. The molecule has 2 rings (SSSR count). The second kappa shape index (κ2) is 5.75. The molecule has 2 amide bonds. The van der Waals surface area contributed by atoms with Crippen molar-refractivity contribution < 1.29 is 19.8 Å². The number of benzene rings is 2. The lowest BCUT2D eigenvalue weighted by Crippen LogP contribution is -1.97. The van der Waals surface area contributed by atoms with Crippen LogP contribution in [0.2, 0.25) is 0 Å². The van der Waals surface area contributed by atoms with Crippen molar-refractivity contribution in [3.8, 4) is 11.5 Å². The van der Waals surface area contributed by atoms with Crippen LogP contribution in [0.5, 0.6) is 11.5 Å². The van der Waals surface area contributed by atoms with E-state index in [1.165, 1.54) is 48.5 Å². The monoisotopic (exact) mass is 270 g/mol. The topological polar surface area (TPSA) is 99.3 Å². The quantitative estimate of drug-likeness (QED) is 0.819. The van der Waals surface area contributed by atoms with Gasteiger partial charge in [-0.25, -0.2) is 0 Å². The first-order valence-corrected chi connectivity index (χ1v) is 5.65. The standard InChI is InChI=1S/C14H10N2O4/c17-11-5-1-9(2-6-11)13(19)15-16-14(20)10-3-7-12(18)8-4-10/h1-8,17-18H/b16-15+. The zero-order valence-corrected chi connectivity index (χ0v) is 10.2. The van der Waals surface area contributed by atoms with E-state index in [9.17, 15) is 9.59 Å². The first-order chi connectivity index (χ1) is 9.56. The van der Waals surface area contributed by atoms with Crippen molar-refractivity contribution in [3.05, 3.63) is 59.7 Å². The summed E-state index contributed by atoms with van der Waals surface area (Å²) in [5.74, 6) is -1.31. The molecule has 0 radical (unpaired) electrons. The minimum atomic E-state index is -0.683. The van der Waals surface area contributed by atoms with Crippen molar-refractivity contribution in [2.24, 2.45) is 10.2 Å². The highest BCUT2D eigenvalue weighted by atomic mass is 16.3. The maximum atomic E-state index is 11.6. The number of hydrogen-bond donors (Lipinski definition) is 2. The van der Waals surface area contributed by atoms with Gasteiger partial charge in [-0.3, -0.25) is 9.59 Å². The molecule has 6 nitrogen and oxygen atoms in total. The fraction of sp³-hybridized carbons (Fsp3) is 0. The highest BCUT2D eigenvalue weighted by Gasteiger charge is 2.07. The van der Waals surface area contributed by atoms with Crippen molar-refractivity contribution in [1.82, 2.24) is 0 Å². The molecule has 0 aliphatic carbocycles. The van der Waals surface area contributed by atoms with Crippen LogP contribution >= 0.6 is 0 Å². The zero-order chi connectivity index (χ0) is 14.5. The molecular weight excluding hydrogens is 260 g/mol. The summed E-state index contributed by atoms with van der Waals surface area (Å²) >= 11 is 0. The van der Waals surface area contributed by atoms with Crippen LogP contribution in [0.15, 0.2) is 58.8 Å². The van der Waals surface area contributed by atoms with E-state index in [-0.39, 0.29) is 22.6 Å². The first-order valence-electron chi connectivity index (χ1n) is 5.65. The van der Waals surface area contributed by atoms with Crippen molar-refractivity contribution in [1.29, 1.82) is 0 Å². The summed E-state index contributed by atoms with van der Waals surface area (Å²) in [5.41, 5.74) is 0.426. The number of carbonyl (C=O) groups is 2. The molecule has 0 atom stereocenters. The Morgan fingerprint density at radius 3 is 1.25 bits per heavy atom. The lowest BCUT2D eigenvalue weighted by atomic mass is 10.2. The van der Waals surface area contributed by atoms with Gasteiger partial charge in [-0.2, -0.15) is 0 Å². The van der Waals surface area contributed by atoms with Crippen molar-refractivity contribution in [3.63, 3.8) is 0 Å². The second-order valence-corrected chi connectivity index (χ2v) is 3.90. The predicted octanol–water partition coefficient (Wildman–Crippen LogP) is 2.53. The van der Waals surface area contributed by atoms with Crippen molar-refractivity contribution in [2.75, 3.05) is 0 Å². The summed E-state index contributed by atoms with van der Waals surface area (Å²) in [6, 6.07) is 10.9. The van der Waals surface area contributed by atoms with E-state index >= 15 is 0 Å². The Balaban J connectivity index is 2.09. The molecule has 0 unspecified atom stereocenters. The lowest BCUT2D eigenvalue weighted by Gasteiger charge is -1.96. The van der Waals surface area contributed by atoms with Crippen LogP contribution in [0.3, 0.4) is 0 Å². The molecule has 0 saturated carbocycles. The van der Waals surface area contributed by atoms with Gasteiger partial charge < -0.3 is 10.2 Å². The van der Waals surface area contributed by atoms with Gasteiger partial charge in [-0.15, -0.1) is 10.2 Å². The Labute approximate surface area is 114 Å². The fourth-order valence-corrected chi connectivity index (χ4v) is 1.41. The predicted molar refractivity (Wildman–Crippen MR) is 69.7 cm³/mol. The number of phenols is 2. The molecule has 0 heterocycles. The molecule has 0 spiro atoms. The zero-order valence-electron chi connectivity index (χ0n) is 10.2. The Hall–Kier alpha value is -3.02. The smallest absolute Gasteiger partial charge is 0.295 e. The largest absolute Gasteiger partial charge is 0.508 e. The van der Waals surface area contributed by atoms with Crippen LogP contribution in [-0.2, 0) is 0 Å². The van der Waals surface area contributed by atoms with E-state index in [1.807, 2.05) is 0 Å². The minimum absolute atomic E-state index is 0.0265. The van der Waals surface area contributed by atoms with E-state index in [0.717, 1.165) is 0 Å². The molecule has 6 heteroatoms. The maximum Gasteiger partial charge on any atom is 0.295 e. The number of phenolic OH excluding ortho intramolecular Hbond substituents is 2. The van der Waals surface area contributed by atoms with Crippen molar-refractivity contribution >= 4 is 11.8 Å². The number of rotatable bonds is 2. The average Bonchev–Trinajstić information content (AvgIpc) is 2.46. The highest BCUT2D eigenvalue weighted by Crippen LogP contribution is 2.12. The second-order valence-electron chi connectivity index (χ2n) is 3.90. The summed E-state index contributed by atoms with van der Waals surface area (Å²) in [6.45, 7) is 0. The van der Waals surface area contributed by atoms with E-state index in [0.29, 0.717) is 0 Å². The normalized spacial score (nSPS) is 10.6. The molecule has 0 saturated heterocycles. The van der Waals surface area contributed by atoms with E-state index in [1.54, 1.807) is 0 Å². The molecule has 2 N–H and O–H groups in total. The van der Waals surface area contributed by atoms with Gasteiger partial charge in [-0.1, -0.05) is 0 Å². The van der Waals surface area contributed by atoms with Gasteiger partial charge >= 0.3 is 0 Å². The number of hydrogen-bond acceptors (Lipinski definition) is 4. The maximum absolute atomic E-state index is 11.6. The van der Waals surface area contributed by atoms with Crippen molar-refractivity contribution in [2.45, 2.75) is 0 Å². The number of nitrogens with zero attached hydrogens (tertiary/aromatic N) is 2.